The smallest absolute Gasteiger partial charge is 0.321 e. The molecule has 0 fully saturated rings. The molecule has 0 saturated heterocycles. The molecule has 0 atom stereocenters. The van der Waals surface area contributed by atoms with E-state index in [0.29, 0.717) is 0 Å². The fourth-order valence-corrected chi connectivity index (χ4v) is 0.849. The van der Waals surface area contributed by atoms with Crippen molar-refractivity contribution in [2.75, 3.05) is 19.4 Å². The number of amides is 2. The van der Waals surface area contributed by atoms with Gasteiger partial charge in [-0.25, -0.2) is 18.0 Å². The van der Waals surface area contributed by atoms with Crippen LogP contribution in [0.2, 0.25) is 0 Å². The summed E-state index contributed by atoms with van der Waals surface area (Å²) in [5, 5.41) is 2.08. The van der Waals surface area contributed by atoms with Crippen LogP contribution in [-0.4, -0.2) is 25.0 Å². The number of carbonyl (C=O) groups excluding carboxylic acids is 1. The van der Waals surface area contributed by atoms with Crippen LogP contribution in [0.25, 0.3) is 0 Å². The molecular weight excluding hydrogens is 209 g/mol. The van der Waals surface area contributed by atoms with Gasteiger partial charge >= 0.3 is 6.03 Å². The Kier molecular flexibility index (Phi) is 3.18. The predicted molar refractivity (Wildman–Crippen MR) is 49.0 cm³/mol. The van der Waals surface area contributed by atoms with Gasteiger partial charge in [0.1, 0.15) is 0 Å². The van der Waals surface area contributed by atoms with Crippen molar-refractivity contribution < 1.29 is 18.0 Å². The molecule has 0 saturated carbocycles. The Morgan fingerprint density at radius 2 is 1.80 bits per heavy atom. The van der Waals surface area contributed by atoms with Crippen molar-refractivity contribution in [3.8, 4) is 0 Å². The van der Waals surface area contributed by atoms with Gasteiger partial charge in [0.05, 0.1) is 5.69 Å². The van der Waals surface area contributed by atoms with E-state index < -0.39 is 29.2 Å². The number of urea groups is 1. The SMILES string of the molecule is CN(C)C(=O)Nc1ccc(F)c(F)c1F. The lowest BCUT2D eigenvalue weighted by molar-refractivity contribution is 0.230. The van der Waals surface area contributed by atoms with E-state index in [9.17, 15) is 18.0 Å². The Balaban J connectivity index is 2.97. The van der Waals surface area contributed by atoms with E-state index in [4.69, 9.17) is 0 Å². The Bertz CT molecular complexity index is 393. The van der Waals surface area contributed by atoms with Gasteiger partial charge in [0.2, 0.25) is 0 Å². The summed E-state index contributed by atoms with van der Waals surface area (Å²) in [5.41, 5.74) is -0.396. The van der Waals surface area contributed by atoms with Crippen LogP contribution >= 0.6 is 0 Å². The monoisotopic (exact) mass is 218 g/mol. The molecule has 1 rings (SSSR count). The predicted octanol–water partition coefficient (Wildman–Crippen LogP) is 2.20. The van der Waals surface area contributed by atoms with Crippen LogP contribution in [0.4, 0.5) is 23.7 Å². The highest BCUT2D eigenvalue weighted by molar-refractivity contribution is 5.89. The quantitative estimate of drug-likeness (QED) is 0.720. The lowest BCUT2D eigenvalue weighted by atomic mass is 10.3. The van der Waals surface area contributed by atoms with E-state index in [1.807, 2.05) is 0 Å². The zero-order valence-electron chi connectivity index (χ0n) is 8.14. The van der Waals surface area contributed by atoms with E-state index in [2.05, 4.69) is 5.32 Å². The zero-order valence-corrected chi connectivity index (χ0v) is 8.14. The molecule has 0 aliphatic heterocycles. The molecule has 15 heavy (non-hydrogen) atoms. The van der Waals surface area contributed by atoms with Gasteiger partial charge in [-0.05, 0) is 12.1 Å². The third kappa shape index (κ3) is 2.39. The molecule has 2 amide bonds. The fourth-order valence-electron chi connectivity index (χ4n) is 0.849. The van der Waals surface area contributed by atoms with Gasteiger partial charge in [-0.2, -0.15) is 0 Å². The summed E-state index contributed by atoms with van der Waals surface area (Å²) >= 11 is 0. The van der Waals surface area contributed by atoms with Gasteiger partial charge in [-0.15, -0.1) is 0 Å². The van der Waals surface area contributed by atoms with Crippen molar-refractivity contribution in [3.05, 3.63) is 29.6 Å². The lowest BCUT2D eigenvalue weighted by Gasteiger charge is -2.12. The van der Waals surface area contributed by atoms with Gasteiger partial charge in [0.15, 0.2) is 17.5 Å². The van der Waals surface area contributed by atoms with Crippen LogP contribution in [0.15, 0.2) is 12.1 Å². The van der Waals surface area contributed by atoms with Gasteiger partial charge in [-0.3, -0.25) is 0 Å². The van der Waals surface area contributed by atoms with Crippen molar-refractivity contribution in [3.63, 3.8) is 0 Å². The second-order valence-electron chi connectivity index (χ2n) is 3.05. The van der Waals surface area contributed by atoms with Crippen molar-refractivity contribution >= 4 is 11.7 Å². The highest BCUT2D eigenvalue weighted by atomic mass is 19.2. The number of hydrogen-bond acceptors (Lipinski definition) is 1. The average molecular weight is 218 g/mol. The Labute approximate surface area is 84.5 Å². The Morgan fingerprint density at radius 1 is 1.20 bits per heavy atom. The highest BCUT2D eigenvalue weighted by Crippen LogP contribution is 2.19. The molecule has 3 nitrogen and oxygen atoms in total. The van der Waals surface area contributed by atoms with E-state index in [1.54, 1.807) is 0 Å². The average Bonchev–Trinajstić information content (AvgIpc) is 2.18. The zero-order chi connectivity index (χ0) is 11.6. The van der Waals surface area contributed by atoms with Crippen LogP contribution in [0.1, 0.15) is 0 Å². The number of rotatable bonds is 1. The second-order valence-corrected chi connectivity index (χ2v) is 3.05. The Morgan fingerprint density at radius 3 is 2.33 bits per heavy atom. The topological polar surface area (TPSA) is 32.3 Å². The molecule has 82 valence electrons. The largest absolute Gasteiger partial charge is 0.331 e. The van der Waals surface area contributed by atoms with Crippen LogP contribution in [0, 0.1) is 17.5 Å². The van der Waals surface area contributed by atoms with E-state index >= 15 is 0 Å². The van der Waals surface area contributed by atoms with E-state index in [0.717, 1.165) is 17.0 Å². The maximum atomic E-state index is 13.0. The maximum absolute atomic E-state index is 13.0. The first-order valence-electron chi connectivity index (χ1n) is 4.05. The molecule has 1 N–H and O–H groups in total. The number of nitrogens with zero attached hydrogens (tertiary/aromatic N) is 1. The minimum absolute atomic E-state index is 0.396. The van der Waals surface area contributed by atoms with Crippen LogP contribution < -0.4 is 5.32 Å². The number of carbonyl (C=O) groups is 1. The first-order valence-corrected chi connectivity index (χ1v) is 4.05. The standard InChI is InChI=1S/C9H9F3N2O/c1-14(2)9(15)13-6-4-3-5(10)7(11)8(6)12/h3-4H,1-2H3,(H,13,15). The third-order valence-corrected chi connectivity index (χ3v) is 1.68. The summed E-state index contributed by atoms with van der Waals surface area (Å²) in [5.74, 6) is -4.31. The summed E-state index contributed by atoms with van der Waals surface area (Å²) in [6.45, 7) is 0. The summed E-state index contributed by atoms with van der Waals surface area (Å²) in [6, 6.07) is 1.07. The molecular formula is C9H9F3N2O. The van der Waals surface area contributed by atoms with Crippen molar-refractivity contribution in [1.29, 1.82) is 0 Å². The van der Waals surface area contributed by atoms with Gasteiger partial charge < -0.3 is 10.2 Å². The van der Waals surface area contributed by atoms with Crippen LogP contribution in [0.5, 0.6) is 0 Å². The molecule has 0 unspecified atom stereocenters. The number of nitrogens with one attached hydrogen (secondary N) is 1. The molecule has 0 aromatic heterocycles. The van der Waals surface area contributed by atoms with Crippen LogP contribution in [-0.2, 0) is 0 Å². The number of halogens is 3. The minimum Gasteiger partial charge on any atom is -0.331 e. The molecule has 1 aromatic rings. The van der Waals surface area contributed by atoms with Gasteiger partial charge in [-0.1, -0.05) is 0 Å². The van der Waals surface area contributed by atoms with Crippen molar-refractivity contribution in [1.82, 2.24) is 4.90 Å². The maximum Gasteiger partial charge on any atom is 0.321 e. The molecule has 0 heterocycles. The molecule has 0 aliphatic rings. The molecule has 0 aliphatic carbocycles. The Hall–Kier alpha value is -1.72. The molecule has 0 bridgehead atoms. The minimum atomic E-state index is -1.61. The molecule has 6 heteroatoms. The lowest BCUT2D eigenvalue weighted by Crippen LogP contribution is -2.27. The normalized spacial score (nSPS) is 9.93. The summed E-state index contributed by atoms with van der Waals surface area (Å²) in [4.78, 5) is 12.2. The number of hydrogen-bond donors (Lipinski definition) is 1. The van der Waals surface area contributed by atoms with E-state index in [-0.39, 0.29) is 0 Å². The van der Waals surface area contributed by atoms with Gasteiger partial charge in [0.25, 0.3) is 0 Å². The highest BCUT2D eigenvalue weighted by Gasteiger charge is 2.15. The summed E-state index contributed by atoms with van der Waals surface area (Å²) in [6.07, 6.45) is 0. The molecule has 0 spiro atoms. The fraction of sp³-hybridized carbons (Fsp3) is 0.222. The van der Waals surface area contributed by atoms with Gasteiger partial charge in [0, 0.05) is 14.1 Å². The second kappa shape index (κ2) is 4.20. The number of benzene rings is 1. The first kappa shape index (κ1) is 11.4. The van der Waals surface area contributed by atoms with E-state index in [1.165, 1.54) is 14.1 Å². The molecule has 1 aromatic carbocycles. The molecule has 0 radical (unpaired) electrons. The van der Waals surface area contributed by atoms with Crippen molar-refractivity contribution in [2.24, 2.45) is 0 Å². The third-order valence-electron chi connectivity index (χ3n) is 1.68. The summed E-state index contributed by atoms with van der Waals surface area (Å²) in [7, 11) is 2.88. The van der Waals surface area contributed by atoms with Crippen molar-refractivity contribution in [2.45, 2.75) is 0 Å². The summed E-state index contributed by atoms with van der Waals surface area (Å²) < 4.78 is 38.3. The first-order chi connectivity index (χ1) is 6.93. The van der Waals surface area contributed by atoms with Crippen LogP contribution in [0.3, 0.4) is 0 Å². The number of anilines is 1.